The molecular weight excluding hydrogens is 342 g/mol. The van der Waals surface area contributed by atoms with Crippen LogP contribution < -0.4 is 5.32 Å². The molecular formula is C15H13BrClNO2. The van der Waals surface area contributed by atoms with Gasteiger partial charge in [0.2, 0.25) is 0 Å². The van der Waals surface area contributed by atoms with Gasteiger partial charge in [0.1, 0.15) is 0 Å². The van der Waals surface area contributed by atoms with Gasteiger partial charge in [-0.15, -0.1) is 0 Å². The van der Waals surface area contributed by atoms with Gasteiger partial charge in [0, 0.05) is 15.2 Å². The molecule has 0 spiro atoms. The molecule has 2 rings (SSSR count). The van der Waals surface area contributed by atoms with Crippen LogP contribution in [-0.4, -0.2) is 11.1 Å². The van der Waals surface area contributed by atoms with E-state index < -0.39 is 5.97 Å². The van der Waals surface area contributed by atoms with E-state index in [0.29, 0.717) is 10.7 Å². The van der Waals surface area contributed by atoms with Crippen LogP contribution in [0.5, 0.6) is 0 Å². The first kappa shape index (κ1) is 14.9. The van der Waals surface area contributed by atoms with Gasteiger partial charge >= 0.3 is 5.97 Å². The number of rotatable bonds is 3. The maximum absolute atomic E-state index is 11.2. The third-order valence-electron chi connectivity index (χ3n) is 2.93. The van der Waals surface area contributed by atoms with Gasteiger partial charge in [-0.25, -0.2) is 4.79 Å². The summed E-state index contributed by atoms with van der Waals surface area (Å²) in [4.78, 5) is 11.2. The Morgan fingerprint density at radius 3 is 2.35 bits per heavy atom. The monoisotopic (exact) mass is 353 g/mol. The molecule has 0 aliphatic carbocycles. The number of benzene rings is 2. The third-order valence-corrected chi connectivity index (χ3v) is 4.41. The number of carbonyl (C=O) groups is 1. The highest BCUT2D eigenvalue weighted by atomic mass is 79.9. The van der Waals surface area contributed by atoms with E-state index in [1.54, 1.807) is 12.1 Å². The average Bonchev–Trinajstić information content (AvgIpc) is 2.37. The fourth-order valence-electron chi connectivity index (χ4n) is 1.98. The second kappa shape index (κ2) is 5.85. The van der Waals surface area contributed by atoms with Crippen molar-refractivity contribution in [3.8, 4) is 0 Å². The Hall–Kier alpha value is -1.52. The van der Waals surface area contributed by atoms with E-state index in [2.05, 4.69) is 21.2 Å². The molecule has 0 unspecified atom stereocenters. The summed E-state index contributed by atoms with van der Waals surface area (Å²) in [6.45, 7) is 3.98. The first-order valence-corrected chi connectivity index (χ1v) is 7.12. The first-order chi connectivity index (χ1) is 9.38. The van der Waals surface area contributed by atoms with Crippen molar-refractivity contribution in [2.24, 2.45) is 0 Å². The smallest absolute Gasteiger partial charge is 0.337 e. The van der Waals surface area contributed by atoms with Gasteiger partial charge in [-0.2, -0.15) is 0 Å². The largest absolute Gasteiger partial charge is 0.478 e. The lowest BCUT2D eigenvalue weighted by molar-refractivity contribution is 0.0698. The third kappa shape index (κ3) is 3.14. The van der Waals surface area contributed by atoms with Gasteiger partial charge in [-0.1, -0.05) is 27.5 Å². The number of carboxylic acids is 1. The van der Waals surface area contributed by atoms with Crippen molar-refractivity contribution in [1.82, 2.24) is 0 Å². The topological polar surface area (TPSA) is 49.3 Å². The predicted octanol–water partition coefficient (Wildman–Crippen LogP) is 5.16. The van der Waals surface area contributed by atoms with E-state index in [-0.39, 0.29) is 5.56 Å². The van der Waals surface area contributed by atoms with E-state index in [0.717, 1.165) is 21.3 Å². The summed E-state index contributed by atoms with van der Waals surface area (Å²) in [6, 6.07) is 8.67. The molecule has 0 amide bonds. The van der Waals surface area contributed by atoms with Crippen molar-refractivity contribution in [2.45, 2.75) is 13.8 Å². The van der Waals surface area contributed by atoms with Crippen molar-refractivity contribution < 1.29 is 9.90 Å². The zero-order valence-electron chi connectivity index (χ0n) is 11.0. The number of nitrogens with one attached hydrogen (secondary N) is 1. The molecule has 0 aromatic heterocycles. The van der Waals surface area contributed by atoms with E-state index in [1.165, 1.54) is 6.07 Å². The Kier molecular flexibility index (Phi) is 4.35. The fourth-order valence-corrected chi connectivity index (χ4v) is 2.38. The zero-order valence-corrected chi connectivity index (χ0v) is 13.3. The molecule has 20 heavy (non-hydrogen) atoms. The quantitative estimate of drug-likeness (QED) is 0.800. The minimum Gasteiger partial charge on any atom is -0.478 e. The Labute approximate surface area is 130 Å². The summed E-state index contributed by atoms with van der Waals surface area (Å²) in [5.74, 6) is -1.01. The molecule has 0 aliphatic heterocycles. The minimum absolute atomic E-state index is 0.149. The Balaban J connectivity index is 2.42. The standard InChI is InChI=1S/C15H13BrClNO2/c1-8-5-11(6-9(2)14(8)16)18-13-4-3-10(17)7-12(13)15(19)20/h3-7,18H,1-2H3,(H,19,20). The highest BCUT2D eigenvalue weighted by Crippen LogP contribution is 2.29. The van der Waals surface area contributed by atoms with E-state index in [1.807, 2.05) is 26.0 Å². The molecule has 0 saturated heterocycles. The number of hydrogen-bond donors (Lipinski definition) is 2. The SMILES string of the molecule is Cc1cc(Nc2ccc(Cl)cc2C(=O)O)cc(C)c1Br. The van der Waals surface area contributed by atoms with E-state index in [4.69, 9.17) is 11.6 Å². The van der Waals surface area contributed by atoms with Gasteiger partial charge in [0.05, 0.1) is 11.3 Å². The van der Waals surface area contributed by atoms with Crippen LogP contribution in [0.2, 0.25) is 5.02 Å². The van der Waals surface area contributed by atoms with Gasteiger partial charge in [-0.3, -0.25) is 0 Å². The molecule has 5 heteroatoms. The van der Waals surface area contributed by atoms with Crippen molar-refractivity contribution >= 4 is 44.9 Å². The summed E-state index contributed by atoms with van der Waals surface area (Å²) in [7, 11) is 0. The normalized spacial score (nSPS) is 10.4. The van der Waals surface area contributed by atoms with Gasteiger partial charge in [0.25, 0.3) is 0 Å². The number of hydrogen-bond acceptors (Lipinski definition) is 2. The Morgan fingerprint density at radius 2 is 1.80 bits per heavy atom. The number of aromatic carboxylic acids is 1. The van der Waals surface area contributed by atoms with Gasteiger partial charge < -0.3 is 10.4 Å². The molecule has 0 radical (unpaired) electrons. The van der Waals surface area contributed by atoms with E-state index >= 15 is 0 Å². The molecule has 0 aliphatic rings. The summed E-state index contributed by atoms with van der Waals surface area (Å²) in [5.41, 5.74) is 3.67. The molecule has 104 valence electrons. The van der Waals surface area contributed by atoms with Crippen LogP contribution in [0, 0.1) is 13.8 Å². The van der Waals surface area contributed by atoms with Crippen molar-refractivity contribution in [1.29, 1.82) is 0 Å². The second-order valence-corrected chi connectivity index (χ2v) is 5.77. The number of halogens is 2. The van der Waals surface area contributed by atoms with Crippen LogP contribution in [0.15, 0.2) is 34.8 Å². The molecule has 0 saturated carbocycles. The summed E-state index contributed by atoms with van der Waals surface area (Å²) in [5, 5.41) is 12.7. The molecule has 2 N–H and O–H groups in total. The van der Waals surface area contributed by atoms with Crippen molar-refractivity contribution in [3.05, 3.63) is 56.5 Å². The van der Waals surface area contributed by atoms with Crippen molar-refractivity contribution in [2.75, 3.05) is 5.32 Å². The maximum atomic E-state index is 11.2. The van der Waals surface area contributed by atoms with E-state index in [9.17, 15) is 9.90 Å². The fraction of sp³-hybridized carbons (Fsp3) is 0.133. The van der Waals surface area contributed by atoms with Crippen LogP contribution in [0.3, 0.4) is 0 Å². The molecule has 0 fully saturated rings. The van der Waals surface area contributed by atoms with Crippen LogP contribution in [0.1, 0.15) is 21.5 Å². The molecule has 0 atom stereocenters. The lowest BCUT2D eigenvalue weighted by atomic mass is 10.1. The number of aryl methyl sites for hydroxylation is 2. The number of anilines is 2. The molecule has 0 heterocycles. The van der Waals surface area contributed by atoms with Crippen LogP contribution in [0.25, 0.3) is 0 Å². The minimum atomic E-state index is -1.01. The Bertz CT molecular complexity index is 663. The molecule has 2 aromatic rings. The highest BCUT2D eigenvalue weighted by molar-refractivity contribution is 9.10. The number of carboxylic acid groups (broad SMARTS) is 1. The maximum Gasteiger partial charge on any atom is 0.337 e. The van der Waals surface area contributed by atoms with Crippen LogP contribution in [-0.2, 0) is 0 Å². The highest BCUT2D eigenvalue weighted by Gasteiger charge is 2.11. The Morgan fingerprint density at radius 1 is 1.20 bits per heavy atom. The summed E-state index contributed by atoms with van der Waals surface area (Å²) in [6.07, 6.45) is 0. The predicted molar refractivity (Wildman–Crippen MR) is 85.3 cm³/mol. The molecule has 3 nitrogen and oxygen atoms in total. The summed E-state index contributed by atoms with van der Waals surface area (Å²) < 4.78 is 1.05. The summed E-state index contributed by atoms with van der Waals surface area (Å²) >= 11 is 9.34. The second-order valence-electron chi connectivity index (χ2n) is 4.54. The van der Waals surface area contributed by atoms with Crippen LogP contribution >= 0.6 is 27.5 Å². The van der Waals surface area contributed by atoms with Crippen molar-refractivity contribution in [3.63, 3.8) is 0 Å². The molecule has 0 bridgehead atoms. The first-order valence-electron chi connectivity index (χ1n) is 5.95. The van der Waals surface area contributed by atoms with Crippen LogP contribution in [0.4, 0.5) is 11.4 Å². The molecule has 2 aromatic carbocycles. The average molecular weight is 355 g/mol. The zero-order chi connectivity index (χ0) is 14.9. The lowest BCUT2D eigenvalue weighted by Crippen LogP contribution is -2.03. The lowest BCUT2D eigenvalue weighted by Gasteiger charge is -2.13. The van der Waals surface area contributed by atoms with Gasteiger partial charge in [-0.05, 0) is 55.3 Å². The van der Waals surface area contributed by atoms with Gasteiger partial charge in [0.15, 0.2) is 0 Å².